The van der Waals surface area contributed by atoms with Crippen molar-refractivity contribution in [3.63, 3.8) is 0 Å². The molecule has 0 atom stereocenters. The van der Waals surface area contributed by atoms with Crippen molar-refractivity contribution in [2.24, 2.45) is 0 Å². The van der Waals surface area contributed by atoms with E-state index in [9.17, 15) is 9.59 Å². The van der Waals surface area contributed by atoms with Crippen molar-refractivity contribution in [1.82, 2.24) is 9.88 Å². The Hall–Kier alpha value is -2.56. The zero-order valence-corrected chi connectivity index (χ0v) is 15.7. The molecule has 138 valence electrons. The molecule has 1 fully saturated rings. The van der Waals surface area contributed by atoms with Gasteiger partial charge in [-0.3, -0.25) is 9.59 Å². The third kappa shape index (κ3) is 3.98. The summed E-state index contributed by atoms with van der Waals surface area (Å²) >= 11 is 0. The maximum absolute atomic E-state index is 12.5. The molecule has 1 aliphatic rings. The SMILES string of the molecule is Cc1ccc(C)c(OCC(=O)N2CCC(c3cc[nH]c(=O)c3)CC2)c1C. The number of aryl methyl sites for hydroxylation is 2. The molecule has 26 heavy (non-hydrogen) atoms. The molecule has 1 aromatic carbocycles. The molecule has 5 nitrogen and oxygen atoms in total. The van der Waals surface area contributed by atoms with E-state index < -0.39 is 0 Å². The van der Waals surface area contributed by atoms with Crippen LogP contribution in [0.5, 0.6) is 5.75 Å². The van der Waals surface area contributed by atoms with Crippen LogP contribution in [0.25, 0.3) is 0 Å². The third-order valence-electron chi connectivity index (χ3n) is 5.33. The van der Waals surface area contributed by atoms with Gasteiger partial charge in [0.25, 0.3) is 5.91 Å². The quantitative estimate of drug-likeness (QED) is 0.918. The lowest BCUT2D eigenvalue weighted by molar-refractivity contribution is -0.134. The predicted octanol–water partition coefficient (Wildman–Crippen LogP) is 3.09. The first-order valence-electron chi connectivity index (χ1n) is 9.11. The zero-order chi connectivity index (χ0) is 18.7. The van der Waals surface area contributed by atoms with E-state index in [0.717, 1.165) is 40.8 Å². The minimum absolute atomic E-state index is 0.0228. The van der Waals surface area contributed by atoms with Crippen LogP contribution in [0.2, 0.25) is 0 Å². The number of nitrogens with one attached hydrogen (secondary N) is 1. The Morgan fingerprint density at radius 3 is 2.54 bits per heavy atom. The largest absolute Gasteiger partial charge is 0.483 e. The summed E-state index contributed by atoms with van der Waals surface area (Å²) in [5.74, 6) is 1.18. The summed E-state index contributed by atoms with van der Waals surface area (Å²) in [7, 11) is 0. The highest BCUT2D eigenvalue weighted by Crippen LogP contribution is 2.28. The number of pyridine rings is 1. The van der Waals surface area contributed by atoms with Gasteiger partial charge in [-0.1, -0.05) is 12.1 Å². The van der Waals surface area contributed by atoms with Crippen molar-refractivity contribution < 1.29 is 9.53 Å². The number of rotatable bonds is 4. The summed E-state index contributed by atoms with van der Waals surface area (Å²) in [5, 5.41) is 0. The highest BCUT2D eigenvalue weighted by Gasteiger charge is 2.24. The molecule has 2 heterocycles. The summed E-state index contributed by atoms with van der Waals surface area (Å²) in [6.45, 7) is 7.54. The molecule has 1 aliphatic heterocycles. The molecule has 0 aliphatic carbocycles. The fourth-order valence-electron chi connectivity index (χ4n) is 3.55. The van der Waals surface area contributed by atoms with Gasteiger partial charge in [-0.2, -0.15) is 0 Å². The van der Waals surface area contributed by atoms with E-state index >= 15 is 0 Å². The number of H-pyrrole nitrogens is 1. The molecule has 2 aromatic rings. The van der Waals surface area contributed by atoms with Crippen LogP contribution in [-0.4, -0.2) is 35.5 Å². The normalized spacial score (nSPS) is 15.1. The Labute approximate surface area is 154 Å². The average Bonchev–Trinajstić information content (AvgIpc) is 2.65. The van der Waals surface area contributed by atoms with Gasteiger partial charge in [-0.15, -0.1) is 0 Å². The van der Waals surface area contributed by atoms with Gasteiger partial charge in [0.05, 0.1) is 0 Å². The van der Waals surface area contributed by atoms with Crippen LogP contribution in [0.1, 0.15) is 41.0 Å². The molecule has 1 saturated heterocycles. The van der Waals surface area contributed by atoms with Crippen molar-refractivity contribution in [2.75, 3.05) is 19.7 Å². The van der Waals surface area contributed by atoms with Crippen molar-refractivity contribution in [3.05, 3.63) is 63.1 Å². The number of carbonyl (C=O) groups excluding carboxylic acids is 1. The molecule has 0 bridgehead atoms. The lowest BCUT2D eigenvalue weighted by Gasteiger charge is -2.32. The first kappa shape index (κ1) is 18.2. The Morgan fingerprint density at radius 2 is 1.85 bits per heavy atom. The van der Waals surface area contributed by atoms with Gasteiger partial charge in [0.2, 0.25) is 5.56 Å². The second kappa shape index (κ2) is 7.77. The molecule has 0 radical (unpaired) electrons. The molecular formula is C21H26N2O3. The summed E-state index contributed by atoms with van der Waals surface area (Å²) in [4.78, 5) is 28.5. The Balaban J connectivity index is 1.56. The number of aromatic amines is 1. The highest BCUT2D eigenvalue weighted by molar-refractivity contribution is 5.78. The van der Waals surface area contributed by atoms with Gasteiger partial charge in [-0.05, 0) is 67.9 Å². The minimum Gasteiger partial charge on any atom is -0.483 e. The molecule has 0 unspecified atom stereocenters. The number of amides is 1. The van der Waals surface area contributed by atoms with Crippen molar-refractivity contribution in [2.45, 2.75) is 39.5 Å². The lowest BCUT2D eigenvalue weighted by atomic mass is 9.90. The van der Waals surface area contributed by atoms with Crippen LogP contribution in [-0.2, 0) is 4.79 Å². The second-order valence-corrected chi connectivity index (χ2v) is 7.08. The first-order chi connectivity index (χ1) is 12.5. The summed E-state index contributed by atoms with van der Waals surface area (Å²) < 4.78 is 5.85. The predicted molar refractivity (Wildman–Crippen MR) is 102 cm³/mol. The topological polar surface area (TPSA) is 62.4 Å². The number of benzene rings is 1. The van der Waals surface area contributed by atoms with Crippen LogP contribution in [0.4, 0.5) is 0 Å². The van der Waals surface area contributed by atoms with Gasteiger partial charge in [-0.25, -0.2) is 0 Å². The maximum atomic E-state index is 12.5. The maximum Gasteiger partial charge on any atom is 0.260 e. The standard InChI is InChI=1S/C21H26N2O3/c1-14-4-5-15(2)21(16(14)3)26-13-20(25)23-10-7-17(8-11-23)18-6-9-22-19(24)12-18/h4-6,9,12,17H,7-8,10-11,13H2,1-3H3,(H,22,24). The van der Waals surface area contributed by atoms with E-state index in [1.165, 1.54) is 0 Å². The van der Waals surface area contributed by atoms with Crippen LogP contribution in [0, 0.1) is 20.8 Å². The second-order valence-electron chi connectivity index (χ2n) is 7.08. The van der Waals surface area contributed by atoms with E-state index in [0.29, 0.717) is 19.0 Å². The van der Waals surface area contributed by atoms with Gasteiger partial charge >= 0.3 is 0 Å². The van der Waals surface area contributed by atoms with E-state index in [2.05, 4.69) is 11.1 Å². The van der Waals surface area contributed by atoms with Crippen LogP contribution in [0.15, 0.2) is 35.3 Å². The fraction of sp³-hybridized carbons (Fsp3) is 0.429. The lowest BCUT2D eigenvalue weighted by Crippen LogP contribution is -2.40. The van der Waals surface area contributed by atoms with Gasteiger partial charge in [0, 0.05) is 25.4 Å². The molecule has 1 N–H and O–H groups in total. The average molecular weight is 354 g/mol. The number of nitrogens with zero attached hydrogens (tertiary/aromatic N) is 1. The number of hydrogen-bond donors (Lipinski definition) is 1. The molecule has 1 amide bonds. The first-order valence-corrected chi connectivity index (χ1v) is 9.11. The molecule has 5 heteroatoms. The molecule has 0 spiro atoms. The number of likely N-dealkylation sites (tertiary alicyclic amines) is 1. The third-order valence-corrected chi connectivity index (χ3v) is 5.33. The van der Waals surface area contributed by atoms with Crippen LogP contribution < -0.4 is 10.3 Å². The molecular weight excluding hydrogens is 328 g/mol. The Kier molecular flexibility index (Phi) is 5.45. The summed E-state index contributed by atoms with van der Waals surface area (Å²) in [5.41, 5.74) is 4.29. The van der Waals surface area contributed by atoms with Crippen molar-refractivity contribution in [1.29, 1.82) is 0 Å². The van der Waals surface area contributed by atoms with Crippen LogP contribution >= 0.6 is 0 Å². The molecule has 0 saturated carbocycles. The monoisotopic (exact) mass is 354 g/mol. The van der Waals surface area contributed by atoms with Crippen molar-refractivity contribution in [3.8, 4) is 5.75 Å². The van der Waals surface area contributed by atoms with Gasteiger partial charge in [0.1, 0.15) is 5.75 Å². The van der Waals surface area contributed by atoms with E-state index in [-0.39, 0.29) is 18.1 Å². The van der Waals surface area contributed by atoms with Gasteiger partial charge in [0.15, 0.2) is 6.61 Å². The highest BCUT2D eigenvalue weighted by atomic mass is 16.5. The minimum atomic E-state index is -0.0710. The Morgan fingerprint density at radius 1 is 1.15 bits per heavy atom. The Bertz CT molecular complexity index is 849. The number of piperidine rings is 1. The number of carbonyl (C=O) groups is 1. The van der Waals surface area contributed by atoms with Crippen LogP contribution in [0.3, 0.4) is 0 Å². The molecule has 3 rings (SSSR count). The summed E-state index contributed by atoms with van der Waals surface area (Å²) in [6, 6.07) is 7.71. The molecule has 1 aromatic heterocycles. The van der Waals surface area contributed by atoms with E-state index in [1.807, 2.05) is 37.8 Å². The zero-order valence-electron chi connectivity index (χ0n) is 15.7. The number of hydrogen-bond acceptors (Lipinski definition) is 3. The van der Waals surface area contributed by atoms with E-state index in [1.54, 1.807) is 12.3 Å². The smallest absolute Gasteiger partial charge is 0.260 e. The fourth-order valence-corrected chi connectivity index (χ4v) is 3.55. The number of aromatic nitrogens is 1. The van der Waals surface area contributed by atoms with Gasteiger partial charge < -0.3 is 14.6 Å². The summed E-state index contributed by atoms with van der Waals surface area (Å²) in [6.07, 6.45) is 3.44. The number of ether oxygens (including phenoxy) is 1. The van der Waals surface area contributed by atoms with Crippen molar-refractivity contribution >= 4 is 5.91 Å². The van der Waals surface area contributed by atoms with E-state index in [4.69, 9.17) is 4.74 Å².